The lowest BCUT2D eigenvalue weighted by molar-refractivity contribution is -0.177. The normalized spacial score (nSPS) is 47.6. The monoisotopic (exact) mass is 496 g/mol. The molecule has 0 aromatic carbocycles. The Morgan fingerprint density at radius 2 is 1.74 bits per heavy atom. The molecule has 0 aliphatic heterocycles. The van der Waals surface area contributed by atoms with Crippen LogP contribution in [0.4, 0.5) is 0 Å². The Morgan fingerprint density at radius 1 is 1.09 bits per heavy atom. The highest BCUT2D eigenvalue weighted by Crippen LogP contribution is 2.68. The van der Waals surface area contributed by atoms with E-state index in [-0.39, 0.29) is 31.0 Å². The standard InChI is InChI=1S/C27H44O8/c1-23(33,14-28)8-7-22(32)26(4,34)21-6-10-27(35)16-11-18(29)17-12-19(30)20(31)13-24(17,2)15(16)5-9-25(21,27)3/h11,15,17,19-22,28,30-35H,5-10,12-14H2,1-4H3/t15-,17-,19+,20-,21-,22+,23?,24+,25+,26?,27+/m0/s1. The zero-order valence-electron chi connectivity index (χ0n) is 21.4. The van der Waals surface area contributed by atoms with Gasteiger partial charge in [-0.2, -0.15) is 0 Å². The van der Waals surface area contributed by atoms with E-state index in [9.17, 15) is 40.5 Å². The zero-order valence-corrected chi connectivity index (χ0v) is 21.4. The van der Waals surface area contributed by atoms with E-state index in [1.54, 1.807) is 13.0 Å². The molecule has 0 amide bonds. The van der Waals surface area contributed by atoms with Crippen LogP contribution in [0.15, 0.2) is 11.6 Å². The molecule has 0 bridgehead atoms. The van der Waals surface area contributed by atoms with Gasteiger partial charge in [0.25, 0.3) is 0 Å². The molecule has 0 heterocycles. The molecule has 4 rings (SSSR count). The first kappa shape index (κ1) is 27.2. The van der Waals surface area contributed by atoms with Crippen LogP contribution >= 0.6 is 0 Å². The van der Waals surface area contributed by atoms with Gasteiger partial charge in [-0.3, -0.25) is 4.79 Å². The number of allylic oxidation sites excluding steroid dienone is 1. The molecule has 4 aliphatic carbocycles. The van der Waals surface area contributed by atoms with Crippen molar-refractivity contribution in [2.75, 3.05) is 6.61 Å². The number of ketones is 1. The fourth-order valence-electron chi connectivity index (χ4n) is 8.36. The van der Waals surface area contributed by atoms with Crippen LogP contribution in [0.3, 0.4) is 0 Å². The van der Waals surface area contributed by atoms with Gasteiger partial charge < -0.3 is 35.7 Å². The molecule has 4 aliphatic rings. The van der Waals surface area contributed by atoms with Crippen molar-refractivity contribution in [2.45, 2.75) is 114 Å². The Hall–Kier alpha value is -0.870. The van der Waals surface area contributed by atoms with Crippen LogP contribution in [0, 0.1) is 28.6 Å². The van der Waals surface area contributed by atoms with Gasteiger partial charge in [0.15, 0.2) is 5.78 Å². The summed E-state index contributed by atoms with van der Waals surface area (Å²) in [4.78, 5) is 13.3. The second kappa shape index (κ2) is 8.58. The maximum absolute atomic E-state index is 13.3. The minimum Gasteiger partial charge on any atom is -0.393 e. The summed E-state index contributed by atoms with van der Waals surface area (Å²) in [7, 11) is 0. The van der Waals surface area contributed by atoms with Gasteiger partial charge in [0.2, 0.25) is 0 Å². The summed E-state index contributed by atoms with van der Waals surface area (Å²) in [6.45, 7) is 6.54. The first-order chi connectivity index (χ1) is 16.0. The molecule has 0 radical (unpaired) electrons. The van der Waals surface area contributed by atoms with Crippen LogP contribution in [0.5, 0.6) is 0 Å². The Bertz CT molecular complexity index is 882. The molecule has 0 spiro atoms. The summed E-state index contributed by atoms with van der Waals surface area (Å²) in [5.74, 6) is -1.08. The van der Waals surface area contributed by atoms with Crippen LogP contribution in [-0.4, -0.2) is 83.3 Å². The van der Waals surface area contributed by atoms with Crippen LogP contribution in [0.2, 0.25) is 0 Å². The van der Waals surface area contributed by atoms with Gasteiger partial charge in [-0.15, -0.1) is 0 Å². The van der Waals surface area contributed by atoms with E-state index in [1.165, 1.54) is 6.92 Å². The minimum absolute atomic E-state index is 0.0926. The van der Waals surface area contributed by atoms with E-state index in [1.807, 2.05) is 13.8 Å². The van der Waals surface area contributed by atoms with Crippen molar-refractivity contribution in [2.24, 2.45) is 28.6 Å². The molecule has 8 nitrogen and oxygen atoms in total. The fourth-order valence-corrected chi connectivity index (χ4v) is 8.36. The summed E-state index contributed by atoms with van der Waals surface area (Å²) in [5, 5.41) is 74.9. The van der Waals surface area contributed by atoms with E-state index < -0.39 is 64.4 Å². The largest absolute Gasteiger partial charge is 0.393 e. The molecule has 0 saturated heterocycles. The summed E-state index contributed by atoms with van der Waals surface area (Å²) in [6, 6.07) is 0. The molecule has 3 saturated carbocycles. The molecular formula is C27H44O8. The van der Waals surface area contributed by atoms with Crippen molar-refractivity contribution < 1.29 is 40.5 Å². The number of carbonyl (C=O) groups is 1. The SMILES string of the molecule is CC(O)(CO)CC[C@@H](O)C(C)(O)[C@H]1CC[C@@]2(O)C3=CC(=O)[C@@H]4C[C@@H](O)[C@@H](O)C[C@]4(C)[C@H]3CC[C@]12C. The van der Waals surface area contributed by atoms with Crippen molar-refractivity contribution >= 4 is 5.78 Å². The maximum atomic E-state index is 13.3. The van der Waals surface area contributed by atoms with Crippen molar-refractivity contribution in [1.29, 1.82) is 0 Å². The number of aliphatic hydroxyl groups excluding tert-OH is 4. The summed E-state index contributed by atoms with van der Waals surface area (Å²) < 4.78 is 0. The Balaban J connectivity index is 1.64. The molecule has 2 unspecified atom stereocenters. The predicted octanol–water partition coefficient (Wildman–Crippen LogP) is 0.826. The van der Waals surface area contributed by atoms with E-state index in [0.717, 1.165) is 0 Å². The van der Waals surface area contributed by atoms with Crippen LogP contribution < -0.4 is 0 Å². The lowest BCUT2D eigenvalue weighted by atomic mass is 9.45. The van der Waals surface area contributed by atoms with Gasteiger partial charge in [0.1, 0.15) is 0 Å². The second-order valence-electron chi connectivity index (χ2n) is 13.0. The zero-order chi connectivity index (χ0) is 26.2. The van der Waals surface area contributed by atoms with Crippen molar-refractivity contribution in [1.82, 2.24) is 0 Å². The van der Waals surface area contributed by atoms with Crippen LogP contribution in [0.1, 0.15) is 79.1 Å². The molecule has 35 heavy (non-hydrogen) atoms. The molecule has 11 atom stereocenters. The van der Waals surface area contributed by atoms with Gasteiger partial charge in [-0.25, -0.2) is 0 Å². The highest BCUT2D eigenvalue weighted by Gasteiger charge is 2.69. The number of hydrogen-bond donors (Lipinski definition) is 7. The van der Waals surface area contributed by atoms with Crippen molar-refractivity contribution in [3.63, 3.8) is 0 Å². The Morgan fingerprint density at radius 3 is 2.37 bits per heavy atom. The Labute approximate surface area is 207 Å². The van der Waals surface area contributed by atoms with Gasteiger partial charge in [0, 0.05) is 11.3 Å². The predicted molar refractivity (Wildman–Crippen MR) is 128 cm³/mol. The topological polar surface area (TPSA) is 159 Å². The van der Waals surface area contributed by atoms with Crippen LogP contribution in [-0.2, 0) is 4.79 Å². The third-order valence-electron chi connectivity index (χ3n) is 10.8. The molecule has 0 aromatic rings. The number of carbonyl (C=O) groups excluding carboxylic acids is 1. The quantitative estimate of drug-likeness (QED) is 0.285. The fraction of sp³-hybridized carbons (Fsp3) is 0.889. The average Bonchev–Trinajstić information content (AvgIpc) is 3.06. The highest BCUT2D eigenvalue weighted by molar-refractivity contribution is 5.95. The third kappa shape index (κ3) is 3.95. The van der Waals surface area contributed by atoms with Gasteiger partial charge in [0.05, 0.1) is 41.7 Å². The molecule has 3 fully saturated rings. The van der Waals surface area contributed by atoms with E-state index in [4.69, 9.17) is 0 Å². The second-order valence-corrected chi connectivity index (χ2v) is 13.0. The lowest BCUT2D eigenvalue weighted by Gasteiger charge is -2.60. The number of rotatable bonds is 6. The maximum Gasteiger partial charge on any atom is 0.159 e. The molecule has 8 heteroatoms. The molecule has 0 aromatic heterocycles. The first-order valence-electron chi connectivity index (χ1n) is 13.1. The van der Waals surface area contributed by atoms with Crippen molar-refractivity contribution in [3.05, 3.63) is 11.6 Å². The van der Waals surface area contributed by atoms with E-state index in [2.05, 4.69) is 0 Å². The van der Waals surface area contributed by atoms with E-state index >= 15 is 0 Å². The summed E-state index contributed by atoms with van der Waals surface area (Å²) in [6.07, 6.45) is 1.37. The minimum atomic E-state index is -1.55. The Kier molecular flexibility index (Phi) is 6.66. The summed E-state index contributed by atoms with van der Waals surface area (Å²) in [5.41, 5.74) is -4.90. The molecule has 200 valence electrons. The average molecular weight is 497 g/mol. The lowest BCUT2D eigenvalue weighted by Crippen LogP contribution is -2.62. The number of fused-ring (bicyclic) bond motifs is 5. The smallest absolute Gasteiger partial charge is 0.159 e. The molecular weight excluding hydrogens is 452 g/mol. The number of aliphatic hydroxyl groups is 7. The highest BCUT2D eigenvalue weighted by atomic mass is 16.3. The van der Waals surface area contributed by atoms with Gasteiger partial charge >= 0.3 is 0 Å². The third-order valence-corrected chi connectivity index (χ3v) is 10.8. The summed E-state index contributed by atoms with van der Waals surface area (Å²) >= 11 is 0. The molecule has 7 N–H and O–H groups in total. The van der Waals surface area contributed by atoms with Gasteiger partial charge in [-0.05, 0) is 94.1 Å². The van der Waals surface area contributed by atoms with Gasteiger partial charge in [-0.1, -0.05) is 13.8 Å². The number of hydrogen-bond acceptors (Lipinski definition) is 8. The van der Waals surface area contributed by atoms with Crippen LogP contribution in [0.25, 0.3) is 0 Å². The first-order valence-corrected chi connectivity index (χ1v) is 13.1. The van der Waals surface area contributed by atoms with E-state index in [0.29, 0.717) is 37.7 Å². The van der Waals surface area contributed by atoms with Crippen molar-refractivity contribution in [3.8, 4) is 0 Å².